The quantitative estimate of drug-likeness (QED) is 0.816. The number of hydrogen-bond acceptors (Lipinski definition) is 3. The van der Waals surface area contributed by atoms with Gasteiger partial charge in [-0.2, -0.15) is 0 Å². The van der Waals surface area contributed by atoms with Gasteiger partial charge in [0.1, 0.15) is 16.1 Å². The van der Waals surface area contributed by atoms with Gasteiger partial charge >= 0.3 is 0 Å². The molecule has 0 bridgehead atoms. The lowest BCUT2D eigenvalue weighted by Gasteiger charge is -2.35. The third kappa shape index (κ3) is 2.52. The summed E-state index contributed by atoms with van der Waals surface area (Å²) in [6, 6.07) is 0. The second kappa shape index (κ2) is 5.26. The van der Waals surface area contributed by atoms with E-state index in [1.54, 1.807) is 7.11 Å². The maximum atomic E-state index is 5.86. The summed E-state index contributed by atoms with van der Waals surface area (Å²) >= 11 is 8.99. The fourth-order valence-electron chi connectivity index (χ4n) is 3.01. The molecule has 1 N–H and O–H groups in total. The summed E-state index contributed by atoms with van der Waals surface area (Å²) < 4.78 is 7.49. The molecule has 0 radical (unpaired) electrons. The van der Waals surface area contributed by atoms with Crippen molar-refractivity contribution < 1.29 is 4.74 Å². The SMILES string of the molecule is COC1(c2nc(=S)c(Br)c(C3CC3)[nH]2)CCCCC1. The number of aromatic nitrogens is 2. The molecule has 0 aromatic carbocycles. The Hall–Kier alpha value is -0.260. The molecule has 0 saturated heterocycles. The van der Waals surface area contributed by atoms with Crippen LogP contribution in [-0.2, 0) is 10.3 Å². The van der Waals surface area contributed by atoms with Crippen molar-refractivity contribution in [3.8, 4) is 0 Å². The summed E-state index contributed by atoms with van der Waals surface area (Å²) in [6.07, 6.45) is 8.25. The Morgan fingerprint density at radius 1 is 1.32 bits per heavy atom. The molecule has 2 aliphatic carbocycles. The second-order valence-electron chi connectivity index (χ2n) is 5.65. The molecule has 3 rings (SSSR count). The van der Waals surface area contributed by atoms with E-state index in [0.717, 1.165) is 23.1 Å². The fraction of sp³-hybridized carbons (Fsp3) is 0.714. The Morgan fingerprint density at radius 2 is 2.00 bits per heavy atom. The van der Waals surface area contributed by atoms with Crippen molar-refractivity contribution >= 4 is 28.1 Å². The van der Waals surface area contributed by atoms with Gasteiger partial charge in [0.25, 0.3) is 0 Å². The average molecular weight is 343 g/mol. The molecular weight excluding hydrogens is 324 g/mol. The first-order chi connectivity index (χ1) is 9.16. The van der Waals surface area contributed by atoms with Gasteiger partial charge in [-0.15, -0.1) is 0 Å². The van der Waals surface area contributed by atoms with Gasteiger partial charge in [0.2, 0.25) is 0 Å². The van der Waals surface area contributed by atoms with Crippen LogP contribution in [0.3, 0.4) is 0 Å². The van der Waals surface area contributed by atoms with E-state index in [1.807, 2.05) is 0 Å². The van der Waals surface area contributed by atoms with Crippen LogP contribution in [0.5, 0.6) is 0 Å². The summed E-state index contributed by atoms with van der Waals surface area (Å²) in [5, 5.41) is 0. The van der Waals surface area contributed by atoms with Crippen LogP contribution in [0.1, 0.15) is 62.4 Å². The highest BCUT2D eigenvalue weighted by molar-refractivity contribution is 9.10. The lowest BCUT2D eigenvalue weighted by molar-refractivity contribution is -0.0517. The largest absolute Gasteiger partial charge is 0.370 e. The lowest BCUT2D eigenvalue weighted by Crippen LogP contribution is -2.33. The van der Waals surface area contributed by atoms with E-state index in [2.05, 4.69) is 25.9 Å². The van der Waals surface area contributed by atoms with E-state index >= 15 is 0 Å². The standard InChI is InChI=1S/C14H19BrN2OS/c1-18-14(7-3-2-4-8-14)13-16-11(9-5-6-9)10(15)12(19)17-13/h9H,2-8H2,1H3,(H,16,17,19). The number of hydrogen-bond donors (Lipinski definition) is 1. The average Bonchev–Trinajstić information content (AvgIpc) is 3.27. The molecule has 2 fully saturated rings. The Morgan fingerprint density at radius 3 is 2.58 bits per heavy atom. The normalized spacial score (nSPS) is 22.4. The first-order valence-corrected chi connectivity index (χ1v) is 8.22. The van der Waals surface area contributed by atoms with E-state index in [0.29, 0.717) is 10.6 Å². The van der Waals surface area contributed by atoms with Crippen LogP contribution < -0.4 is 0 Å². The molecule has 2 aliphatic rings. The van der Waals surface area contributed by atoms with Crippen LogP contribution in [0, 0.1) is 4.64 Å². The van der Waals surface area contributed by atoms with Crippen molar-refractivity contribution in [1.82, 2.24) is 9.97 Å². The molecule has 1 heterocycles. The second-order valence-corrected chi connectivity index (χ2v) is 6.83. The van der Waals surface area contributed by atoms with Gasteiger partial charge in [0.15, 0.2) is 0 Å². The number of methoxy groups -OCH3 is 1. The first-order valence-electron chi connectivity index (χ1n) is 7.01. The molecule has 0 atom stereocenters. The number of ether oxygens (including phenoxy) is 1. The third-order valence-corrected chi connectivity index (χ3v) is 5.72. The highest BCUT2D eigenvalue weighted by Crippen LogP contribution is 2.44. The Bertz CT molecular complexity index is 533. The molecule has 0 aliphatic heterocycles. The molecule has 1 aromatic rings. The van der Waals surface area contributed by atoms with Crippen LogP contribution in [0.4, 0.5) is 0 Å². The molecule has 104 valence electrons. The van der Waals surface area contributed by atoms with E-state index in [9.17, 15) is 0 Å². The van der Waals surface area contributed by atoms with Gasteiger partial charge in [-0.05, 0) is 41.6 Å². The minimum absolute atomic E-state index is 0.254. The molecule has 1 aromatic heterocycles. The summed E-state index contributed by atoms with van der Waals surface area (Å²) in [6.45, 7) is 0. The lowest BCUT2D eigenvalue weighted by atomic mass is 9.84. The Labute approximate surface area is 127 Å². The van der Waals surface area contributed by atoms with Crippen molar-refractivity contribution in [2.24, 2.45) is 0 Å². The smallest absolute Gasteiger partial charge is 0.144 e. The van der Waals surface area contributed by atoms with Crippen LogP contribution in [0.25, 0.3) is 0 Å². The van der Waals surface area contributed by atoms with E-state index in [-0.39, 0.29) is 5.60 Å². The topological polar surface area (TPSA) is 37.9 Å². The minimum atomic E-state index is -0.254. The van der Waals surface area contributed by atoms with Gasteiger partial charge in [-0.25, -0.2) is 4.98 Å². The molecule has 2 saturated carbocycles. The maximum Gasteiger partial charge on any atom is 0.144 e. The number of nitrogens with zero attached hydrogens (tertiary/aromatic N) is 1. The van der Waals surface area contributed by atoms with Crippen LogP contribution in [0.15, 0.2) is 4.47 Å². The molecule has 0 spiro atoms. The van der Waals surface area contributed by atoms with Gasteiger partial charge in [-0.1, -0.05) is 31.5 Å². The highest BCUT2D eigenvalue weighted by Gasteiger charge is 2.38. The fourth-order valence-corrected chi connectivity index (χ4v) is 3.72. The summed E-state index contributed by atoms with van der Waals surface area (Å²) in [4.78, 5) is 8.12. The van der Waals surface area contributed by atoms with Crippen molar-refractivity contribution in [2.45, 2.75) is 56.5 Å². The number of aromatic amines is 1. The molecular formula is C14H19BrN2OS. The van der Waals surface area contributed by atoms with Gasteiger partial charge in [-0.3, -0.25) is 0 Å². The molecule has 0 unspecified atom stereocenters. The molecule has 5 heteroatoms. The van der Waals surface area contributed by atoms with E-state index in [1.165, 1.54) is 37.8 Å². The van der Waals surface area contributed by atoms with E-state index < -0.39 is 0 Å². The number of nitrogens with one attached hydrogen (secondary N) is 1. The summed E-state index contributed by atoms with van der Waals surface area (Å²) in [5.41, 5.74) is 0.966. The van der Waals surface area contributed by atoms with Crippen LogP contribution in [-0.4, -0.2) is 17.1 Å². The summed E-state index contributed by atoms with van der Waals surface area (Å²) in [5.74, 6) is 1.56. The zero-order chi connectivity index (χ0) is 13.5. The van der Waals surface area contributed by atoms with Crippen molar-refractivity contribution in [3.05, 3.63) is 20.6 Å². The first kappa shape index (κ1) is 13.7. The maximum absolute atomic E-state index is 5.86. The van der Waals surface area contributed by atoms with Gasteiger partial charge in [0, 0.05) is 18.7 Å². The van der Waals surface area contributed by atoms with E-state index in [4.69, 9.17) is 17.0 Å². The van der Waals surface area contributed by atoms with Crippen molar-refractivity contribution in [2.75, 3.05) is 7.11 Å². The Balaban J connectivity index is 2.06. The molecule has 3 nitrogen and oxygen atoms in total. The Kier molecular flexibility index (Phi) is 3.80. The minimum Gasteiger partial charge on any atom is -0.370 e. The predicted molar refractivity (Wildman–Crippen MR) is 80.9 cm³/mol. The number of rotatable bonds is 3. The van der Waals surface area contributed by atoms with Crippen LogP contribution >= 0.6 is 28.1 Å². The summed E-state index contributed by atoms with van der Waals surface area (Å²) in [7, 11) is 1.79. The molecule has 19 heavy (non-hydrogen) atoms. The predicted octanol–water partition coefficient (Wildman–Crippen LogP) is 4.58. The third-order valence-electron chi connectivity index (χ3n) is 4.36. The van der Waals surface area contributed by atoms with Crippen molar-refractivity contribution in [1.29, 1.82) is 0 Å². The van der Waals surface area contributed by atoms with Gasteiger partial charge in [0.05, 0.1) is 4.47 Å². The zero-order valence-electron chi connectivity index (χ0n) is 11.2. The number of halogens is 1. The van der Waals surface area contributed by atoms with Crippen LogP contribution in [0.2, 0.25) is 0 Å². The monoisotopic (exact) mass is 342 g/mol. The zero-order valence-corrected chi connectivity index (χ0v) is 13.6. The highest BCUT2D eigenvalue weighted by atomic mass is 79.9. The van der Waals surface area contributed by atoms with Gasteiger partial charge < -0.3 is 9.72 Å². The molecule has 0 amide bonds. The van der Waals surface area contributed by atoms with Crippen molar-refractivity contribution in [3.63, 3.8) is 0 Å². The number of H-pyrrole nitrogens is 1.